The highest BCUT2D eigenvalue weighted by Crippen LogP contribution is 2.31. The minimum Gasteiger partial charge on any atom is -0.506 e. The lowest BCUT2D eigenvalue weighted by Gasteiger charge is -2.06. The molecular formula is C9H9ClO2. The molecule has 1 aromatic rings. The van der Waals surface area contributed by atoms with Crippen LogP contribution in [0.1, 0.15) is 21.5 Å². The molecule has 0 fully saturated rings. The molecular weight excluding hydrogens is 176 g/mol. The summed E-state index contributed by atoms with van der Waals surface area (Å²) >= 11 is 5.72. The summed E-state index contributed by atoms with van der Waals surface area (Å²) in [4.78, 5) is 10.5. The molecule has 0 spiro atoms. The van der Waals surface area contributed by atoms with Gasteiger partial charge in [-0.2, -0.15) is 0 Å². The third kappa shape index (κ3) is 1.30. The van der Waals surface area contributed by atoms with Crippen LogP contribution in [0.4, 0.5) is 0 Å². The molecule has 1 rings (SSSR count). The number of benzene rings is 1. The summed E-state index contributed by atoms with van der Waals surface area (Å²) < 4.78 is 0. The Hall–Kier alpha value is -1.02. The molecule has 0 amide bonds. The summed E-state index contributed by atoms with van der Waals surface area (Å²) in [6.45, 7) is 3.54. The van der Waals surface area contributed by atoms with Crippen LogP contribution in [0.5, 0.6) is 5.75 Å². The van der Waals surface area contributed by atoms with Gasteiger partial charge in [0.1, 0.15) is 5.75 Å². The second kappa shape index (κ2) is 3.15. The zero-order valence-corrected chi connectivity index (χ0v) is 7.64. The molecule has 0 aliphatic rings. The molecule has 0 unspecified atom stereocenters. The third-order valence-electron chi connectivity index (χ3n) is 1.78. The molecule has 0 radical (unpaired) electrons. The standard InChI is InChI=1S/C9H9ClO2/c1-5-3-6(2)8(10)9(12)7(5)4-11/h3-4,12H,1-2H3. The van der Waals surface area contributed by atoms with Crippen LogP contribution in [0, 0.1) is 13.8 Å². The van der Waals surface area contributed by atoms with Gasteiger partial charge < -0.3 is 5.11 Å². The fourth-order valence-electron chi connectivity index (χ4n) is 1.11. The van der Waals surface area contributed by atoms with Crippen molar-refractivity contribution in [1.29, 1.82) is 0 Å². The van der Waals surface area contributed by atoms with E-state index in [1.807, 2.05) is 0 Å². The van der Waals surface area contributed by atoms with Crippen molar-refractivity contribution in [3.63, 3.8) is 0 Å². The minimum absolute atomic E-state index is 0.121. The number of aromatic hydroxyl groups is 1. The van der Waals surface area contributed by atoms with E-state index in [2.05, 4.69) is 0 Å². The lowest BCUT2D eigenvalue weighted by atomic mass is 10.1. The van der Waals surface area contributed by atoms with Gasteiger partial charge in [-0.3, -0.25) is 4.79 Å². The number of phenols is 1. The summed E-state index contributed by atoms with van der Waals surface area (Å²) in [5.41, 5.74) is 1.78. The van der Waals surface area contributed by atoms with Crippen LogP contribution < -0.4 is 0 Å². The van der Waals surface area contributed by atoms with Crippen LogP contribution in [0.2, 0.25) is 5.02 Å². The molecule has 1 aromatic carbocycles. The quantitative estimate of drug-likeness (QED) is 0.681. The van der Waals surface area contributed by atoms with Crippen LogP contribution in [-0.4, -0.2) is 11.4 Å². The van der Waals surface area contributed by atoms with E-state index in [1.165, 1.54) is 0 Å². The largest absolute Gasteiger partial charge is 0.506 e. The number of carbonyl (C=O) groups excluding carboxylic acids is 1. The summed E-state index contributed by atoms with van der Waals surface area (Å²) in [5, 5.41) is 9.65. The van der Waals surface area contributed by atoms with Gasteiger partial charge in [-0.15, -0.1) is 0 Å². The average Bonchev–Trinajstić information content (AvgIpc) is 2.01. The normalized spacial score (nSPS) is 9.92. The highest BCUT2D eigenvalue weighted by molar-refractivity contribution is 6.33. The van der Waals surface area contributed by atoms with E-state index in [9.17, 15) is 9.90 Å². The van der Waals surface area contributed by atoms with E-state index in [-0.39, 0.29) is 16.3 Å². The number of carbonyl (C=O) groups is 1. The molecule has 0 bridgehead atoms. The Morgan fingerprint density at radius 3 is 2.50 bits per heavy atom. The predicted octanol–water partition coefficient (Wildman–Crippen LogP) is 2.47. The fourth-order valence-corrected chi connectivity index (χ4v) is 1.26. The van der Waals surface area contributed by atoms with Crippen molar-refractivity contribution in [2.45, 2.75) is 13.8 Å². The first-order valence-electron chi connectivity index (χ1n) is 3.51. The maximum atomic E-state index is 10.5. The number of aldehydes is 1. The summed E-state index contributed by atoms with van der Waals surface area (Å²) in [7, 11) is 0. The molecule has 0 aliphatic carbocycles. The van der Waals surface area contributed by atoms with Gasteiger partial charge in [0.05, 0.1) is 10.6 Å². The highest BCUT2D eigenvalue weighted by atomic mass is 35.5. The molecule has 64 valence electrons. The fraction of sp³-hybridized carbons (Fsp3) is 0.222. The maximum Gasteiger partial charge on any atom is 0.154 e. The molecule has 0 atom stereocenters. The first-order valence-corrected chi connectivity index (χ1v) is 3.89. The molecule has 0 saturated heterocycles. The second-order valence-corrected chi connectivity index (χ2v) is 3.08. The molecule has 0 aromatic heterocycles. The van der Waals surface area contributed by atoms with Crippen molar-refractivity contribution in [1.82, 2.24) is 0 Å². The van der Waals surface area contributed by atoms with Crippen LogP contribution >= 0.6 is 11.6 Å². The number of phenolic OH excluding ortho intramolecular Hbond substituents is 1. The molecule has 12 heavy (non-hydrogen) atoms. The Morgan fingerprint density at radius 1 is 1.42 bits per heavy atom. The first-order chi connectivity index (χ1) is 5.57. The lowest BCUT2D eigenvalue weighted by molar-refractivity contribution is 0.112. The summed E-state index contributed by atoms with van der Waals surface area (Å²) in [5.74, 6) is -0.121. The monoisotopic (exact) mass is 184 g/mol. The predicted molar refractivity (Wildman–Crippen MR) is 48.0 cm³/mol. The van der Waals surface area contributed by atoms with Gasteiger partial charge in [-0.05, 0) is 25.0 Å². The Balaban J connectivity index is 3.51. The van der Waals surface area contributed by atoms with E-state index >= 15 is 0 Å². The van der Waals surface area contributed by atoms with E-state index in [0.29, 0.717) is 6.29 Å². The van der Waals surface area contributed by atoms with Crippen molar-refractivity contribution in [3.05, 3.63) is 27.8 Å². The Morgan fingerprint density at radius 2 is 2.00 bits per heavy atom. The van der Waals surface area contributed by atoms with Gasteiger partial charge >= 0.3 is 0 Å². The topological polar surface area (TPSA) is 37.3 Å². The van der Waals surface area contributed by atoms with Crippen LogP contribution in [0.15, 0.2) is 6.07 Å². The van der Waals surface area contributed by atoms with E-state index in [4.69, 9.17) is 11.6 Å². The number of hydrogen-bond donors (Lipinski definition) is 1. The van der Waals surface area contributed by atoms with E-state index in [1.54, 1.807) is 19.9 Å². The third-order valence-corrected chi connectivity index (χ3v) is 2.26. The number of aryl methyl sites for hydroxylation is 2. The number of halogens is 1. The molecule has 0 saturated carbocycles. The molecule has 0 aliphatic heterocycles. The smallest absolute Gasteiger partial charge is 0.154 e. The summed E-state index contributed by atoms with van der Waals surface area (Å²) in [6.07, 6.45) is 0.607. The van der Waals surface area contributed by atoms with Gasteiger partial charge in [0.15, 0.2) is 6.29 Å². The van der Waals surface area contributed by atoms with Crippen LogP contribution in [0.25, 0.3) is 0 Å². The zero-order valence-electron chi connectivity index (χ0n) is 6.89. The molecule has 1 N–H and O–H groups in total. The van der Waals surface area contributed by atoms with Crippen molar-refractivity contribution >= 4 is 17.9 Å². The first kappa shape index (κ1) is 9.07. The molecule has 3 heteroatoms. The Labute approximate surface area is 75.8 Å². The maximum absolute atomic E-state index is 10.5. The van der Waals surface area contributed by atoms with Crippen molar-refractivity contribution in [2.24, 2.45) is 0 Å². The van der Waals surface area contributed by atoms with Gasteiger partial charge in [0.2, 0.25) is 0 Å². The van der Waals surface area contributed by atoms with Gasteiger partial charge in [0.25, 0.3) is 0 Å². The average molecular weight is 185 g/mol. The van der Waals surface area contributed by atoms with Gasteiger partial charge in [-0.1, -0.05) is 17.7 Å². The molecule has 2 nitrogen and oxygen atoms in total. The Bertz CT molecular complexity index is 332. The summed E-state index contributed by atoms with van der Waals surface area (Å²) in [6, 6.07) is 1.77. The van der Waals surface area contributed by atoms with Crippen molar-refractivity contribution in [3.8, 4) is 5.75 Å². The lowest BCUT2D eigenvalue weighted by Crippen LogP contribution is -1.90. The SMILES string of the molecule is Cc1cc(C)c(C=O)c(O)c1Cl. The zero-order chi connectivity index (χ0) is 9.30. The van der Waals surface area contributed by atoms with Gasteiger partial charge in [-0.25, -0.2) is 0 Å². The van der Waals surface area contributed by atoms with Crippen molar-refractivity contribution < 1.29 is 9.90 Å². The van der Waals surface area contributed by atoms with Crippen LogP contribution in [-0.2, 0) is 0 Å². The van der Waals surface area contributed by atoms with Crippen molar-refractivity contribution in [2.75, 3.05) is 0 Å². The van der Waals surface area contributed by atoms with Crippen LogP contribution in [0.3, 0.4) is 0 Å². The second-order valence-electron chi connectivity index (χ2n) is 2.70. The van der Waals surface area contributed by atoms with E-state index < -0.39 is 0 Å². The minimum atomic E-state index is -0.121. The Kier molecular flexibility index (Phi) is 2.38. The van der Waals surface area contributed by atoms with Gasteiger partial charge in [0, 0.05) is 0 Å². The highest BCUT2D eigenvalue weighted by Gasteiger charge is 2.10. The number of rotatable bonds is 1. The van der Waals surface area contributed by atoms with E-state index in [0.717, 1.165) is 11.1 Å². The molecule has 0 heterocycles. The number of hydrogen-bond acceptors (Lipinski definition) is 2.